The Labute approximate surface area is 133 Å². The monoisotopic (exact) mass is 311 g/mol. The van der Waals surface area contributed by atoms with E-state index in [4.69, 9.17) is 4.74 Å². The number of methoxy groups -OCH3 is 1. The van der Waals surface area contributed by atoms with Gasteiger partial charge in [-0.2, -0.15) is 0 Å². The van der Waals surface area contributed by atoms with E-state index < -0.39 is 0 Å². The highest BCUT2D eigenvalue weighted by Crippen LogP contribution is 2.37. The van der Waals surface area contributed by atoms with Crippen LogP contribution in [0.3, 0.4) is 0 Å². The summed E-state index contributed by atoms with van der Waals surface area (Å²) in [6, 6.07) is 10.4. The van der Waals surface area contributed by atoms with E-state index in [9.17, 15) is 0 Å². The van der Waals surface area contributed by atoms with Crippen LogP contribution in [-0.4, -0.2) is 30.2 Å². The van der Waals surface area contributed by atoms with Crippen LogP contribution in [0.25, 0.3) is 10.2 Å². The highest BCUT2D eigenvalue weighted by Gasteiger charge is 2.27. The Balaban J connectivity index is 1.64. The average Bonchev–Trinajstić information content (AvgIpc) is 3.23. The van der Waals surface area contributed by atoms with Gasteiger partial charge < -0.3 is 9.64 Å². The van der Waals surface area contributed by atoms with E-state index in [1.165, 1.54) is 5.56 Å². The van der Waals surface area contributed by atoms with E-state index >= 15 is 0 Å². The number of ether oxygens (including phenoxy) is 1. The molecule has 0 amide bonds. The van der Waals surface area contributed by atoms with Crippen molar-refractivity contribution in [2.24, 2.45) is 0 Å². The van der Waals surface area contributed by atoms with Gasteiger partial charge in [-0.3, -0.25) is 0 Å². The van der Waals surface area contributed by atoms with Crippen LogP contribution >= 0.6 is 11.3 Å². The van der Waals surface area contributed by atoms with Crippen LogP contribution in [-0.2, 0) is 0 Å². The third-order valence-electron chi connectivity index (χ3n) is 4.31. The van der Waals surface area contributed by atoms with Crippen LogP contribution in [0.4, 0.5) is 5.82 Å². The summed E-state index contributed by atoms with van der Waals surface area (Å²) >= 11 is 1.67. The number of benzene rings is 1. The van der Waals surface area contributed by atoms with E-state index in [2.05, 4.69) is 38.4 Å². The van der Waals surface area contributed by atoms with Gasteiger partial charge >= 0.3 is 0 Å². The molecule has 22 heavy (non-hydrogen) atoms. The number of anilines is 1. The number of hydrogen-bond donors (Lipinski definition) is 0. The molecule has 2 aromatic heterocycles. The minimum absolute atomic E-state index is 0.486. The summed E-state index contributed by atoms with van der Waals surface area (Å²) in [5.41, 5.74) is 1.29. The van der Waals surface area contributed by atoms with Crippen LogP contribution in [0.5, 0.6) is 5.75 Å². The molecular weight excluding hydrogens is 294 g/mol. The number of aromatic nitrogens is 2. The lowest BCUT2D eigenvalue weighted by Gasteiger charge is -2.19. The fourth-order valence-electron chi connectivity index (χ4n) is 3.24. The first kappa shape index (κ1) is 13.5. The lowest BCUT2D eigenvalue weighted by Crippen LogP contribution is -2.20. The molecule has 0 bridgehead atoms. The van der Waals surface area contributed by atoms with Gasteiger partial charge in [0, 0.05) is 19.0 Å². The summed E-state index contributed by atoms with van der Waals surface area (Å²) in [7, 11) is 1.74. The molecule has 1 aromatic carbocycles. The molecule has 0 radical (unpaired) electrons. The SMILES string of the molecule is COc1ccccc1C1CCN(c2ncnc3sccc23)C1. The van der Waals surface area contributed by atoms with E-state index in [-0.39, 0.29) is 0 Å². The molecule has 4 rings (SSSR count). The molecule has 1 aliphatic rings. The molecule has 1 atom stereocenters. The van der Waals surface area contributed by atoms with Crippen molar-refractivity contribution in [3.63, 3.8) is 0 Å². The third-order valence-corrected chi connectivity index (χ3v) is 5.13. The topological polar surface area (TPSA) is 38.2 Å². The maximum atomic E-state index is 5.51. The van der Waals surface area contributed by atoms with Crippen molar-refractivity contribution in [1.29, 1.82) is 0 Å². The summed E-state index contributed by atoms with van der Waals surface area (Å²) in [5, 5.41) is 3.24. The zero-order valence-electron chi connectivity index (χ0n) is 12.4. The lowest BCUT2D eigenvalue weighted by atomic mass is 9.97. The molecular formula is C17H17N3OS. The number of nitrogens with zero attached hydrogens (tertiary/aromatic N) is 3. The van der Waals surface area contributed by atoms with E-state index in [0.29, 0.717) is 5.92 Å². The molecule has 3 heterocycles. The summed E-state index contributed by atoms with van der Waals surface area (Å²) in [6.45, 7) is 1.99. The summed E-state index contributed by atoms with van der Waals surface area (Å²) in [5.74, 6) is 2.53. The predicted molar refractivity (Wildman–Crippen MR) is 90.0 cm³/mol. The smallest absolute Gasteiger partial charge is 0.140 e. The molecule has 3 aromatic rings. The van der Waals surface area contributed by atoms with E-state index in [1.807, 2.05) is 12.1 Å². The Morgan fingerprint density at radius 2 is 2.14 bits per heavy atom. The van der Waals surface area contributed by atoms with Gasteiger partial charge in [0.15, 0.2) is 0 Å². The Morgan fingerprint density at radius 1 is 1.23 bits per heavy atom. The zero-order valence-corrected chi connectivity index (χ0v) is 13.2. The summed E-state index contributed by atoms with van der Waals surface area (Å²) in [4.78, 5) is 12.3. The quantitative estimate of drug-likeness (QED) is 0.739. The van der Waals surface area contributed by atoms with Crippen LogP contribution in [0.2, 0.25) is 0 Å². The van der Waals surface area contributed by atoms with Gasteiger partial charge in [0.1, 0.15) is 22.7 Å². The first-order valence-electron chi connectivity index (χ1n) is 7.43. The number of para-hydroxylation sites is 1. The van der Waals surface area contributed by atoms with Gasteiger partial charge in [-0.15, -0.1) is 11.3 Å². The second-order valence-corrected chi connectivity index (χ2v) is 6.40. The number of rotatable bonds is 3. The molecule has 112 valence electrons. The van der Waals surface area contributed by atoms with Crippen LogP contribution in [0, 0.1) is 0 Å². The molecule has 0 saturated carbocycles. The fourth-order valence-corrected chi connectivity index (χ4v) is 3.97. The molecule has 0 N–H and O–H groups in total. The molecule has 0 aliphatic carbocycles. The number of hydrogen-bond acceptors (Lipinski definition) is 5. The maximum Gasteiger partial charge on any atom is 0.140 e. The zero-order chi connectivity index (χ0) is 14.9. The van der Waals surface area contributed by atoms with Gasteiger partial charge in [0.25, 0.3) is 0 Å². The Morgan fingerprint density at radius 3 is 3.05 bits per heavy atom. The largest absolute Gasteiger partial charge is 0.496 e. The second-order valence-electron chi connectivity index (χ2n) is 5.51. The number of fused-ring (bicyclic) bond motifs is 1. The van der Waals surface area contributed by atoms with Crippen molar-refractivity contribution in [3.05, 3.63) is 47.6 Å². The molecule has 1 fully saturated rings. The van der Waals surface area contributed by atoms with Crippen molar-refractivity contribution < 1.29 is 4.74 Å². The van der Waals surface area contributed by atoms with Crippen LogP contribution < -0.4 is 9.64 Å². The van der Waals surface area contributed by atoms with Crippen LogP contribution in [0.1, 0.15) is 17.9 Å². The van der Waals surface area contributed by atoms with Crippen molar-refractivity contribution >= 4 is 27.4 Å². The standard InChI is InChI=1S/C17H17N3OS/c1-21-15-5-3-2-4-13(15)12-6-8-20(10-12)16-14-7-9-22-17(14)19-11-18-16/h2-5,7,9,11-12H,6,8,10H2,1H3. The van der Waals surface area contributed by atoms with Crippen molar-refractivity contribution in [3.8, 4) is 5.75 Å². The normalized spacial score (nSPS) is 18.0. The Hall–Kier alpha value is -2.14. The molecule has 5 heteroatoms. The fraction of sp³-hybridized carbons (Fsp3) is 0.294. The molecule has 0 spiro atoms. The first-order chi connectivity index (χ1) is 10.9. The highest BCUT2D eigenvalue weighted by atomic mass is 32.1. The van der Waals surface area contributed by atoms with Crippen molar-refractivity contribution in [2.75, 3.05) is 25.1 Å². The maximum absolute atomic E-state index is 5.51. The lowest BCUT2D eigenvalue weighted by molar-refractivity contribution is 0.406. The van der Waals surface area contributed by atoms with Gasteiger partial charge in [0.2, 0.25) is 0 Å². The second kappa shape index (κ2) is 5.57. The average molecular weight is 311 g/mol. The van der Waals surface area contributed by atoms with Gasteiger partial charge in [0.05, 0.1) is 12.5 Å². The van der Waals surface area contributed by atoms with E-state index in [1.54, 1.807) is 24.8 Å². The Bertz CT molecular complexity index is 801. The van der Waals surface area contributed by atoms with Gasteiger partial charge in [-0.05, 0) is 29.5 Å². The highest BCUT2D eigenvalue weighted by molar-refractivity contribution is 7.16. The molecule has 1 aliphatic heterocycles. The molecule has 4 nitrogen and oxygen atoms in total. The van der Waals surface area contributed by atoms with E-state index in [0.717, 1.165) is 41.3 Å². The third kappa shape index (κ3) is 2.22. The van der Waals surface area contributed by atoms with Gasteiger partial charge in [-0.25, -0.2) is 9.97 Å². The number of thiophene rings is 1. The first-order valence-corrected chi connectivity index (χ1v) is 8.31. The van der Waals surface area contributed by atoms with Gasteiger partial charge in [-0.1, -0.05) is 18.2 Å². The van der Waals surface area contributed by atoms with Crippen molar-refractivity contribution in [1.82, 2.24) is 9.97 Å². The summed E-state index contributed by atoms with van der Waals surface area (Å²) < 4.78 is 5.51. The van der Waals surface area contributed by atoms with Crippen molar-refractivity contribution in [2.45, 2.75) is 12.3 Å². The molecule has 1 unspecified atom stereocenters. The van der Waals surface area contributed by atoms with Crippen LogP contribution in [0.15, 0.2) is 42.0 Å². The Kier molecular flexibility index (Phi) is 3.42. The minimum atomic E-state index is 0.486. The molecule has 1 saturated heterocycles. The minimum Gasteiger partial charge on any atom is -0.496 e. The predicted octanol–water partition coefficient (Wildman–Crippen LogP) is 3.69. The summed E-state index contributed by atoms with van der Waals surface area (Å²) in [6.07, 6.45) is 2.79.